The minimum Gasteiger partial charge on any atom is -0.340 e. The summed E-state index contributed by atoms with van der Waals surface area (Å²) in [5, 5.41) is 3.25. The number of nitrogens with one attached hydrogen (secondary N) is 2. The van der Waals surface area contributed by atoms with Gasteiger partial charge in [-0.25, -0.2) is 4.79 Å². The average Bonchev–Trinajstić information content (AvgIpc) is 2.89. The van der Waals surface area contributed by atoms with Crippen molar-refractivity contribution in [3.05, 3.63) is 20.8 Å². The van der Waals surface area contributed by atoms with Crippen molar-refractivity contribution in [1.29, 1.82) is 0 Å². The number of imidazole rings is 1. The van der Waals surface area contributed by atoms with E-state index in [0.717, 1.165) is 30.7 Å². The molecule has 1 aliphatic heterocycles. The molecule has 1 aliphatic rings. The van der Waals surface area contributed by atoms with Crippen molar-refractivity contribution >= 4 is 29.5 Å². The highest BCUT2D eigenvalue weighted by Gasteiger charge is 2.18. The van der Waals surface area contributed by atoms with Gasteiger partial charge in [-0.2, -0.15) is 4.98 Å². The first-order valence-electron chi connectivity index (χ1n) is 6.21. The van der Waals surface area contributed by atoms with Crippen LogP contribution in [0.3, 0.4) is 0 Å². The van der Waals surface area contributed by atoms with Gasteiger partial charge in [0.05, 0.1) is 0 Å². The summed E-state index contributed by atoms with van der Waals surface area (Å²) < 4.78 is 2.47. The van der Waals surface area contributed by atoms with E-state index in [-0.39, 0.29) is 23.7 Å². The quantitative estimate of drug-likeness (QED) is 0.690. The first kappa shape index (κ1) is 14.6. The van der Waals surface area contributed by atoms with E-state index in [1.807, 2.05) is 0 Å². The Hall–Kier alpha value is -1.80. The summed E-state index contributed by atoms with van der Waals surface area (Å²) in [5.74, 6) is 0.648. The number of H-pyrrole nitrogens is 1. The van der Waals surface area contributed by atoms with E-state index >= 15 is 0 Å². The number of hydrogen-bond donors (Lipinski definition) is 2. The summed E-state index contributed by atoms with van der Waals surface area (Å²) in [7, 11) is 3.09. The second-order valence-electron chi connectivity index (χ2n) is 4.70. The molecule has 0 bridgehead atoms. The van der Waals surface area contributed by atoms with Crippen LogP contribution in [0.25, 0.3) is 11.2 Å². The Labute approximate surface area is 120 Å². The summed E-state index contributed by atoms with van der Waals surface area (Å²) in [6.45, 7) is 3.42. The molecule has 0 aromatic carbocycles. The molecule has 0 spiro atoms. The third kappa shape index (κ3) is 2.10. The molecular weight excluding hydrogens is 284 g/mol. The van der Waals surface area contributed by atoms with Crippen molar-refractivity contribution in [3.63, 3.8) is 0 Å². The van der Waals surface area contributed by atoms with Gasteiger partial charge < -0.3 is 15.2 Å². The number of aromatic nitrogens is 4. The highest BCUT2D eigenvalue weighted by Crippen LogP contribution is 2.13. The van der Waals surface area contributed by atoms with Crippen molar-refractivity contribution in [3.8, 4) is 0 Å². The molecule has 0 atom stereocenters. The Morgan fingerprint density at radius 2 is 1.75 bits per heavy atom. The molecular formula is C11H17ClN6O2. The largest absolute Gasteiger partial charge is 0.340 e. The van der Waals surface area contributed by atoms with Crippen LogP contribution in [0.15, 0.2) is 9.59 Å². The second kappa shape index (κ2) is 5.29. The van der Waals surface area contributed by atoms with Gasteiger partial charge in [0.2, 0.25) is 5.95 Å². The van der Waals surface area contributed by atoms with Gasteiger partial charge in [-0.1, -0.05) is 0 Å². The number of piperazine rings is 1. The lowest BCUT2D eigenvalue weighted by Crippen LogP contribution is -2.44. The van der Waals surface area contributed by atoms with Crippen molar-refractivity contribution in [2.75, 3.05) is 31.1 Å². The van der Waals surface area contributed by atoms with Crippen molar-refractivity contribution < 1.29 is 0 Å². The number of aryl methyl sites for hydroxylation is 1. The fourth-order valence-corrected chi connectivity index (χ4v) is 2.34. The molecule has 1 fully saturated rings. The second-order valence-corrected chi connectivity index (χ2v) is 4.70. The topological polar surface area (TPSA) is 87.9 Å². The third-order valence-corrected chi connectivity index (χ3v) is 3.50. The molecule has 0 amide bonds. The number of halogens is 1. The van der Waals surface area contributed by atoms with Crippen LogP contribution in [0.4, 0.5) is 5.95 Å². The van der Waals surface area contributed by atoms with E-state index in [9.17, 15) is 9.59 Å². The lowest BCUT2D eigenvalue weighted by molar-refractivity contribution is 0.582. The zero-order chi connectivity index (χ0) is 13.6. The van der Waals surface area contributed by atoms with E-state index in [0.29, 0.717) is 17.1 Å². The molecule has 2 aromatic rings. The lowest BCUT2D eigenvalue weighted by Gasteiger charge is -2.26. The normalized spacial score (nSPS) is 15.4. The Morgan fingerprint density at radius 1 is 1.10 bits per heavy atom. The first-order chi connectivity index (χ1) is 9.09. The van der Waals surface area contributed by atoms with Crippen LogP contribution >= 0.6 is 12.4 Å². The fraction of sp³-hybridized carbons (Fsp3) is 0.545. The zero-order valence-electron chi connectivity index (χ0n) is 11.3. The van der Waals surface area contributed by atoms with Gasteiger partial charge in [0, 0.05) is 40.3 Å². The van der Waals surface area contributed by atoms with Crippen LogP contribution in [0, 0.1) is 0 Å². The van der Waals surface area contributed by atoms with Crippen LogP contribution in [-0.4, -0.2) is 45.3 Å². The number of anilines is 1. The number of aromatic amines is 1. The van der Waals surface area contributed by atoms with Crippen LogP contribution in [-0.2, 0) is 14.1 Å². The first-order valence-corrected chi connectivity index (χ1v) is 6.21. The molecule has 8 nitrogen and oxygen atoms in total. The molecule has 2 N–H and O–H groups in total. The van der Waals surface area contributed by atoms with Gasteiger partial charge >= 0.3 is 5.69 Å². The van der Waals surface area contributed by atoms with Crippen LogP contribution < -0.4 is 21.5 Å². The minimum absolute atomic E-state index is 0. The maximum absolute atomic E-state index is 12.0. The molecule has 1 saturated heterocycles. The average molecular weight is 301 g/mol. The van der Waals surface area contributed by atoms with Gasteiger partial charge in [0.1, 0.15) is 0 Å². The Morgan fingerprint density at radius 3 is 2.40 bits per heavy atom. The SMILES string of the molecule is Cl.Cn1c(=O)c2[nH]c(N3CCNCC3)nc2n(C)c1=O. The lowest BCUT2D eigenvalue weighted by atomic mass is 10.4. The highest BCUT2D eigenvalue weighted by atomic mass is 35.5. The highest BCUT2D eigenvalue weighted by molar-refractivity contribution is 5.85. The van der Waals surface area contributed by atoms with E-state index in [4.69, 9.17) is 0 Å². The van der Waals surface area contributed by atoms with Gasteiger partial charge in [0.15, 0.2) is 11.2 Å². The molecule has 0 radical (unpaired) electrons. The minimum atomic E-state index is -0.365. The van der Waals surface area contributed by atoms with E-state index in [1.54, 1.807) is 7.05 Å². The Kier molecular flexibility index (Phi) is 3.87. The predicted molar refractivity (Wildman–Crippen MR) is 78.9 cm³/mol. The van der Waals surface area contributed by atoms with Gasteiger partial charge in [-0.3, -0.25) is 13.9 Å². The number of nitrogens with zero attached hydrogens (tertiary/aromatic N) is 4. The Bertz CT molecular complexity index is 740. The summed E-state index contributed by atoms with van der Waals surface area (Å²) in [6.07, 6.45) is 0. The van der Waals surface area contributed by atoms with Gasteiger partial charge in [-0.05, 0) is 0 Å². The van der Waals surface area contributed by atoms with E-state index in [1.165, 1.54) is 11.6 Å². The molecule has 3 heterocycles. The van der Waals surface area contributed by atoms with Gasteiger partial charge in [0.25, 0.3) is 5.56 Å². The van der Waals surface area contributed by atoms with Crippen LogP contribution in [0.5, 0.6) is 0 Å². The molecule has 110 valence electrons. The van der Waals surface area contributed by atoms with E-state index < -0.39 is 0 Å². The third-order valence-electron chi connectivity index (χ3n) is 3.50. The molecule has 2 aromatic heterocycles. The predicted octanol–water partition coefficient (Wildman–Crippen LogP) is -1.21. The molecule has 0 aliphatic carbocycles. The molecule has 9 heteroatoms. The smallest absolute Gasteiger partial charge is 0.332 e. The monoisotopic (exact) mass is 300 g/mol. The van der Waals surface area contributed by atoms with Crippen molar-refractivity contribution in [2.24, 2.45) is 14.1 Å². The number of fused-ring (bicyclic) bond motifs is 1. The number of rotatable bonds is 1. The summed E-state index contributed by atoms with van der Waals surface area (Å²) in [4.78, 5) is 33.4. The molecule has 3 rings (SSSR count). The maximum atomic E-state index is 12.0. The Balaban J connectivity index is 0.00000147. The van der Waals surface area contributed by atoms with Crippen molar-refractivity contribution in [1.82, 2.24) is 24.4 Å². The van der Waals surface area contributed by atoms with Crippen LogP contribution in [0.2, 0.25) is 0 Å². The molecule has 20 heavy (non-hydrogen) atoms. The number of hydrogen-bond acceptors (Lipinski definition) is 5. The zero-order valence-corrected chi connectivity index (χ0v) is 12.2. The maximum Gasteiger partial charge on any atom is 0.332 e. The van der Waals surface area contributed by atoms with Crippen molar-refractivity contribution in [2.45, 2.75) is 0 Å². The van der Waals surface area contributed by atoms with E-state index in [2.05, 4.69) is 20.2 Å². The van der Waals surface area contributed by atoms with Gasteiger partial charge in [-0.15, -0.1) is 12.4 Å². The molecule has 0 unspecified atom stereocenters. The summed E-state index contributed by atoms with van der Waals surface area (Å²) >= 11 is 0. The fourth-order valence-electron chi connectivity index (χ4n) is 2.34. The molecule has 0 saturated carbocycles. The standard InChI is InChI=1S/C11H16N6O2.ClH/c1-15-8-7(9(18)16(2)11(15)19)13-10(14-8)17-5-3-12-4-6-17;/h12H,3-6H2,1-2H3,(H,13,14);1H. The summed E-state index contributed by atoms with van der Waals surface area (Å²) in [5.41, 5.74) is 0.0719. The summed E-state index contributed by atoms with van der Waals surface area (Å²) in [6, 6.07) is 0. The van der Waals surface area contributed by atoms with Crippen LogP contribution in [0.1, 0.15) is 0 Å².